The van der Waals surface area contributed by atoms with E-state index in [1.165, 1.54) is 38.2 Å². The lowest BCUT2D eigenvalue weighted by Gasteiger charge is -2.25. The van der Waals surface area contributed by atoms with E-state index in [2.05, 4.69) is 12.2 Å². The molecule has 1 unspecified atom stereocenters. The first kappa shape index (κ1) is 17.1. The van der Waals surface area contributed by atoms with Gasteiger partial charge in [0.1, 0.15) is 5.82 Å². The molecule has 1 N–H and O–H groups in total. The largest absolute Gasteiger partial charge is 0.313 e. The summed E-state index contributed by atoms with van der Waals surface area (Å²) in [5, 5.41) is 4.81. The third kappa shape index (κ3) is 5.46. The Kier molecular flexibility index (Phi) is 7.35. The lowest BCUT2D eigenvalue weighted by molar-refractivity contribution is 0.511. The van der Waals surface area contributed by atoms with Gasteiger partial charge in [0.2, 0.25) is 0 Å². The van der Waals surface area contributed by atoms with Crippen LogP contribution in [0.4, 0.5) is 4.39 Å². The number of likely N-dealkylation sites (N-methyl/N-ethyl adjacent to an activating group) is 1. The first-order chi connectivity index (χ1) is 10.2. The van der Waals surface area contributed by atoms with Gasteiger partial charge in [-0.3, -0.25) is 0 Å². The summed E-state index contributed by atoms with van der Waals surface area (Å²) >= 11 is 8.20. The summed E-state index contributed by atoms with van der Waals surface area (Å²) in [6.45, 7) is 3.00. The minimum Gasteiger partial charge on any atom is -0.313 e. The highest BCUT2D eigenvalue weighted by atomic mass is 35.5. The topological polar surface area (TPSA) is 12.0 Å². The third-order valence-electron chi connectivity index (χ3n) is 4.09. The van der Waals surface area contributed by atoms with Gasteiger partial charge in [-0.25, -0.2) is 4.39 Å². The molecule has 1 aromatic carbocycles. The van der Waals surface area contributed by atoms with E-state index in [1.807, 2.05) is 11.8 Å². The monoisotopic (exact) mass is 329 g/mol. The Balaban J connectivity index is 1.91. The van der Waals surface area contributed by atoms with E-state index < -0.39 is 0 Å². The SMILES string of the molecule is CCNC(CSC1CCCCC1)Cc1c(F)cccc1Cl. The second-order valence-electron chi connectivity index (χ2n) is 5.75. The third-order valence-corrected chi connectivity index (χ3v) is 5.98. The highest BCUT2D eigenvalue weighted by Crippen LogP contribution is 2.29. The molecule has 0 radical (unpaired) electrons. The van der Waals surface area contributed by atoms with E-state index >= 15 is 0 Å². The van der Waals surface area contributed by atoms with E-state index in [0.717, 1.165) is 17.5 Å². The number of benzene rings is 1. The fourth-order valence-electron chi connectivity index (χ4n) is 2.94. The smallest absolute Gasteiger partial charge is 0.127 e. The number of nitrogens with one attached hydrogen (secondary N) is 1. The molecule has 4 heteroatoms. The predicted octanol–water partition coefficient (Wildman–Crippen LogP) is 5.07. The van der Waals surface area contributed by atoms with Crippen molar-refractivity contribution in [2.75, 3.05) is 12.3 Å². The average molecular weight is 330 g/mol. The van der Waals surface area contributed by atoms with Crippen LogP contribution in [0.1, 0.15) is 44.6 Å². The molecule has 0 aliphatic heterocycles. The van der Waals surface area contributed by atoms with Gasteiger partial charge in [0.15, 0.2) is 0 Å². The molecule has 0 heterocycles. The maximum absolute atomic E-state index is 13.9. The molecular formula is C17H25ClFNS. The molecule has 1 aliphatic rings. The quantitative estimate of drug-likeness (QED) is 0.750. The zero-order valence-corrected chi connectivity index (χ0v) is 14.3. The molecule has 21 heavy (non-hydrogen) atoms. The molecule has 0 amide bonds. The van der Waals surface area contributed by atoms with Crippen molar-refractivity contribution in [2.45, 2.75) is 56.7 Å². The standard InChI is InChI=1S/C17H25ClFNS/c1-2-20-13(12-21-14-7-4-3-5-8-14)11-15-16(18)9-6-10-17(15)19/h6,9-10,13-14,20H,2-5,7-8,11-12H2,1H3. The van der Waals surface area contributed by atoms with E-state index in [1.54, 1.807) is 12.1 Å². The van der Waals surface area contributed by atoms with Gasteiger partial charge in [-0.2, -0.15) is 11.8 Å². The summed E-state index contributed by atoms with van der Waals surface area (Å²) in [5.41, 5.74) is 0.648. The number of hydrogen-bond donors (Lipinski definition) is 1. The Morgan fingerprint density at radius 3 is 2.76 bits per heavy atom. The van der Waals surface area contributed by atoms with Crippen molar-refractivity contribution in [1.29, 1.82) is 0 Å². The lowest BCUT2D eigenvalue weighted by Crippen LogP contribution is -2.34. The summed E-state index contributed by atoms with van der Waals surface area (Å²) in [5.74, 6) is 0.844. The molecule has 1 fully saturated rings. The van der Waals surface area contributed by atoms with Gasteiger partial charge in [0.25, 0.3) is 0 Å². The maximum atomic E-state index is 13.9. The van der Waals surface area contributed by atoms with Crippen LogP contribution < -0.4 is 5.32 Å². The van der Waals surface area contributed by atoms with Gasteiger partial charge < -0.3 is 5.32 Å². The van der Waals surface area contributed by atoms with Gasteiger partial charge in [-0.05, 0) is 37.9 Å². The van der Waals surface area contributed by atoms with E-state index in [4.69, 9.17) is 11.6 Å². The highest BCUT2D eigenvalue weighted by molar-refractivity contribution is 7.99. The Bertz CT molecular complexity index is 415. The summed E-state index contributed by atoms with van der Waals surface area (Å²) in [6.07, 6.45) is 7.46. The van der Waals surface area contributed by atoms with Crippen LogP contribution >= 0.6 is 23.4 Å². The Labute approximate surface area is 137 Å². The first-order valence-electron chi connectivity index (χ1n) is 7.98. The molecule has 1 nitrogen and oxygen atoms in total. The molecule has 118 valence electrons. The van der Waals surface area contributed by atoms with Crippen molar-refractivity contribution in [1.82, 2.24) is 5.32 Å². The second kappa shape index (κ2) is 9.02. The Hall–Kier alpha value is -0.250. The van der Waals surface area contributed by atoms with Crippen LogP contribution in [0.3, 0.4) is 0 Å². The molecule has 0 saturated heterocycles. The van der Waals surface area contributed by atoms with E-state index in [9.17, 15) is 4.39 Å². The van der Waals surface area contributed by atoms with Crippen LogP contribution in [-0.2, 0) is 6.42 Å². The van der Waals surface area contributed by atoms with E-state index in [0.29, 0.717) is 17.0 Å². The predicted molar refractivity (Wildman–Crippen MR) is 91.9 cm³/mol. The minimum atomic E-state index is -0.187. The van der Waals surface area contributed by atoms with E-state index in [-0.39, 0.29) is 11.9 Å². The molecule has 0 spiro atoms. The van der Waals surface area contributed by atoms with Crippen molar-refractivity contribution in [3.05, 3.63) is 34.6 Å². The molecule has 0 aromatic heterocycles. The summed E-state index contributed by atoms with van der Waals surface area (Å²) in [4.78, 5) is 0. The van der Waals surface area contributed by atoms with Gasteiger partial charge in [-0.15, -0.1) is 0 Å². The number of rotatable bonds is 7. The normalized spacial score (nSPS) is 17.9. The van der Waals surface area contributed by atoms with Gasteiger partial charge in [0.05, 0.1) is 0 Å². The van der Waals surface area contributed by atoms with Crippen LogP contribution in [0.2, 0.25) is 5.02 Å². The van der Waals surface area contributed by atoms with Gasteiger partial charge in [0, 0.05) is 27.6 Å². The molecule has 0 bridgehead atoms. The zero-order chi connectivity index (χ0) is 15.1. The van der Waals surface area contributed by atoms with Gasteiger partial charge in [-0.1, -0.05) is 43.9 Å². The molecule has 1 atom stereocenters. The Morgan fingerprint density at radius 1 is 1.33 bits per heavy atom. The van der Waals surface area contributed by atoms with Crippen molar-refractivity contribution in [3.8, 4) is 0 Å². The summed E-state index contributed by atoms with van der Waals surface area (Å²) in [6, 6.07) is 5.23. The van der Waals surface area contributed by atoms with Crippen LogP contribution in [-0.4, -0.2) is 23.6 Å². The Morgan fingerprint density at radius 2 is 2.10 bits per heavy atom. The number of halogens is 2. The van der Waals surface area contributed by atoms with Crippen LogP contribution in [0.5, 0.6) is 0 Å². The number of hydrogen-bond acceptors (Lipinski definition) is 2. The van der Waals surface area contributed by atoms with Crippen LogP contribution in [0.15, 0.2) is 18.2 Å². The fourth-order valence-corrected chi connectivity index (χ4v) is 4.58. The molecule has 2 rings (SSSR count). The maximum Gasteiger partial charge on any atom is 0.127 e. The highest BCUT2D eigenvalue weighted by Gasteiger charge is 2.18. The lowest BCUT2D eigenvalue weighted by atomic mass is 10.0. The summed E-state index contributed by atoms with van der Waals surface area (Å²) < 4.78 is 13.9. The second-order valence-corrected chi connectivity index (χ2v) is 7.49. The molecule has 1 aromatic rings. The van der Waals surface area contributed by atoms with Crippen molar-refractivity contribution in [3.63, 3.8) is 0 Å². The first-order valence-corrected chi connectivity index (χ1v) is 9.41. The summed E-state index contributed by atoms with van der Waals surface area (Å²) in [7, 11) is 0. The zero-order valence-electron chi connectivity index (χ0n) is 12.7. The average Bonchev–Trinajstić information content (AvgIpc) is 2.49. The van der Waals surface area contributed by atoms with Gasteiger partial charge >= 0.3 is 0 Å². The van der Waals surface area contributed by atoms with Crippen LogP contribution in [0, 0.1) is 5.82 Å². The number of thioether (sulfide) groups is 1. The molecule has 1 saturated carbocycles. The van der Waals surface area contributed by atoms with Crippen molar-refractivity contribution in [2.24, 2.45) is 0 Å². The van der Waals surface area contributed by atoms with Crippen molar-refractivity contribution < 1.29 is 4.39 Å². The molecule has 1 aliphatic carbocycles. The van der Waals surface area contributed by atoms with Crippen LogP contribution in [0.25, 0.3) is 0 Å². The molecular weight excluding hydrogens is 305 g/mol. The van der Waals surface area contributed by atoms with Crippen molar-refractivity contribution >= 4 is 23.4 Å². The fraction of sp³-hybridized carbons (Fsp3) is 0.647. The minimum absolute atomic E-state index is 0.187.